The summed E-state index contributed by atoms with van der Waals surface area (Å²) in [7, 11) is 0. The highest BCUT2D eigenvalue weighted by atomic mass is 35.5. The third-order valence-electron chi connectivity index (χ3n) is 0. The molecule has 5 heavy (non-hydrogen) atoms. The summed E-state index contributed by atoms with van der Waals surface area (Å²) in [6.45, 7) is 0. The van der Waals surface area contributed by atoms with Gasteiger partial charge in [0.25, 0.3) is 0 Å². The van der Waals surface area contributed by atoms with Crippen LogP contribution in [0.15, 0.2) is 0 Å². The Morgan fingerprint density at radius 1 is 0.800 bits per heavy atom. The van der Waals surface area contributed by atoms with E-state index < -0.39 is 0 Å². The van der Waals surface area contributed by atoms with Crippen molar-refractivity contribution in [3.05, 3.63) is 0 Å². The molecule has 0 unspecified atom stereocenters. The first kappa shape index (κ1) is 39.1. The van der Waals surface area contributed by atoms with Crippen LogP contribution in [0.3, 0.4) is 0 Å². The van der Waals surface area contributed by atoms with Gasteiger partial charge in [-0.1, -0.05) is 0 Å². The first-order valence-electron chi connectivity index (χ1n) is 0.333. The van der Waals surface area contributed by atoms with Crippen LogP contribution in [-0.2, 0) is 0 Å². The molecule has 0 saturated carbocycles. The van der Waals surface area contributed by atoms with E-state index in [0.29, 0.717) is 0 Å². The number of hydrogen-bond acceptors (Lipinski definition) is 2. The molecule has 0 aromatic heterocycles. The highest BCUT2D eigenvalue weighted by Crippen LogP contribution is 0.690. The van der Waals surface area contributed by atoms with Crippen molar-refractivity contribution in [1.29, 1.82) is 0 Å². The number of hydrogen-bond donors (Lipinski definition) is 2. The first-order valence-corrected chi connectivity index (χ1v) is 0.333. The molecule has 0 heterocycles. The van der Waals surface area contributed by atoms with Gasteiger partial charge >= 0.3 is 0 Å². The Morgan fingerprint density at radius 3 is 0.800 bits per heavy atom. The van der Waals surface area contributed by atoms with Crippen molar-refractivity contribution >= 4 is 39.4 Å². The number of halogens is 1. The molecule has 0 aliphatic rings. The van der Waals surface area contributed by atoms with Gasteiger partial charge in [-0.2, -0.15) is 27.0 Å². The Kier molecular flexibility index (Phi) is 708. The summed E-state index contributed by atoms with van der Waals surface area (Å²) in [6, 6.07) is 0. The minimum atomic E-state index is 0. The minimum absolute atomic E-state index is 0. The summed E-state index contributed by atoms with van der Waals surface area (Å²) < 4.78 is 0. The van der Waals surface area contributed by atoms with Gasteiger partial charge in [0, 0.05) is 0 Å². The van der Waals surface area contributed by atoms with Crippen LogP contribution in [-0.4, -0.2) is 0 Å². The van der Waals surface area contributed by atoms with Crippen molar-refractivity contribution in [3.63, 3.8) is 0 Å². The molecule has 0 radical (unpaired) electrons. The molecule has 0 aromatic carbocycles. The van der Waals surface area contributed by atoms with Crippen LogP contribution in [0.2, 0.25) is 0 Å². The van der Waals surface area contributed by atoms with Crippen LogP contribution in [0.1, 0.15) is 0 Å². The fourth-order valence-electron chi connectivity index (χ4n) is 0. The molecule has 5 heteroatoms. The van der Waals surface area contributed by atoms with Gasteiger partial charge in [-0.3, -0.25) is 11.7 Å². The summed E-state index contributed by atoms with van der Waals surface area (Å²) >= 11 is 0. The van der Waals surface area contributed by atoms with E-state index in [1.54, 1.807) is 0 Å². The van der Waals surface area contributed by atoms with Gasteiger partial charge in [0.05, 0.1) is 0 Å². The molecule has 0 aliphatic heterocycles. The molecule has 0 bridgehead atoms. The van der Waals surface area contributed by atoms with Gasteiger partial charge in [0.2, 0.25) is 0 Å². The highest BCUT2D eigenvalue weighted by molar-refractivity contribution is 7.59. The van der Waals surface area contributed by atoms with Crippen LogP contribution < -0.4 is 11.7 Å². The lowest BCUT2D eigenvalue weighted by atomic mass is 13.0. The van der Waals surface area contributed by atoms with Crippen LogP contribution in [0.25, 0.3) is 0 Å². The fraction of sp³-hybridized carbons (Fsp3) is 0. The summed E-state index contributed by atoms with van der Waals surface area (Å²) in [5.41, 5.74) is 0. The zero-order valence-electron chi connectivity index (χ0n) is 2.56. The Hall–Kier alpha value is 0.910. The smallest absolute Gasteiger partial charge is 0.147 e. The summed E-state index contributed by atoms with van der Waals surface area (Å²) in [6.07, 6.45) is 0. The summed E-state index contributed by atoms with van der Waals surface area (Å²) in [5, 5.41) is 0. The highest BCUT2D eigenvalue weighted by Gasteiger charge is 0.726. The molecular weight excluding hydrogens is 128 g/mol. The number of rotatable bonds is 0. The lowest BCUT2D eigenvalue weighted by molar-refractivity contribution is 1.26. The maximum Gasteiger partial charge on any atom is -0.147 e. The largest absolute Gasteiger partial charge is 0.274 e. The van der Waals surface area contributed by atoms with Crippen LogP contribution in [0.5, 0.6) is 0 Å². The van der Waals surface area contributed by atoms with E-state index in [1.165, 1.54) is 0 Å². The predicted molar refractivity (Wildman–Crippen MR) is 36.4 cm³/mol. The third kappa shape index (κ3) is 50.2. The normalized spacial score (nSPS) is 1.20. The molecule has 4 N–H and O–H groups in total. The van der Waals surface area contributed by atoms with Gasteiger partial charge in [0.15, 0.2) is 0 Å². The Labute approximate surface area is 51.6 Å². The summed E-state index contributed by atoms with van der Waals surface area (Å²) in [5.74, 6) is 8.00. The van der Waals surface area contributed by atoms with Crippen molar-refractivity contribution in [1.82, 2.24) is 0 Å². The van der Waals surface area contributed by atoms with Crippen molar-refractivity contribution < 1.29 is 0 Å². The van der Waals surface area contributed by atoms with E-state index in [2.05, 4.69) is 11.7 Å². The van der Waals surface area contributed by atoms with Crippen molar-refractivity contribution in [2.24, 2.45) is 11.7 Å². The molecule has 0 fully saturated rings. The van der Waals surface area contributed by atoms with E-state index in [9.17, 15) is 0 Å². The zero-order chi connectivity index (χ0) is 2.00. The van der Waals surface area contributed by atoms with Gasteiger partial charge < -0.3 is 0 Å². The molecule has 0 atom stereocenters. The van der Waals surface area contributed by atoms with Crippen LogP contribution in [0.4, 0.5) is 0 Å². The zero-order valence-corrected chi connectivity index (χ0v) is 5.38. The van der Waals surface area contributed by atoms with E-state index in [4.69, 9.17) is 0 Å². The van der Waals surface area contributed by atoms with Crippen molar-refractivity contribution in [3.8, 4) is 0 Å². The lowest BCUT2D eigenvalue weighted by Crippen LogP contribution is -2.02. The molecule has 2 nitrogen and oxygen atoms in total. The fourth-order valence-corrected chi connectivity index (χ4v) is 0. The van der Waals surface area contributed by atoms with Crippen LogP contribution in [0, 0.1) is 0 Å². The van der Waals surface area contributed by atoms with E-state index >= 15 is 0 Å². The quantitative estimate of drug-likeness (QED) is 0.348. The second-order valence-corrected chi connectivity index (χ2v) is 0. The molecule has 0 amide bonds. The Morgan fingerprint density at radius 2 is 0.800 bits per heavy atom. The van der Waals surface area contributed by atoms with Crippen molar-refractivity contribution in [2.75, 3.05) is 0 Å². The monoisotopic (exact) mass is 136 g/mol. The second kappa shape index (κ2) is 90.6. The topological polar surface area (TPSA) is 52.0 Å². The van der Waals surface area contributed by atoms with E-state index in [0.717, 1.165) is 0 Å². The third-order valence-corrected chi connectivity index (χ3v) is 0. The number of hydrazine groups is 1. The Balaban J connectivity index is -0.00000000167. The molecule has 0 aromatic rings. The average Bonchev–Trinajstić information content (AvgIpc) is 1.00. The van der Waals surface area contributed by atoms with Crippen molar-refractivity contribution in [2.45, 2.75) is 0 Å². The molecule has 0 spiro atoms. The first-order chi connectivity index (χ1) is 1.00. The Bertz CT molecular complexity index is 7.61. The molecular formula is H9ClN2S2. The molecule has 38 valence electrons. The van der Waals surface area contributed by atoms with Gasteiger partial charge in [-0.05, 0) is 0 Å². The van der Waals surface area contributed by atoms with Gasteiger partial charge in [-0.25, -0.2) is 0 Å². The predicted octanol–water partition coefficient (Wildman–Crippen LogP) is -0.534. The molecule has 0 saturated heterocycles. The average molecular weight is 137 g/mol. The SMILES string of the molecule is Cl.NN.S.S. The summed E-state index contributed by atoms with van der Waals surface area (Å²) in [4.78, 5) is 0. The van der Waals surface area contributed by atoms with E-state index in [-0.39, 0.29) is 39.4 Å². The lowest BCUT2D eigenvalue weighted by Gasteiger charge is -1.27. The molecule has 0 aliphatic carbocycles. The van der Waals surface area contributed by atoms with Gasteiger partial charge in [0.1, 0.15) is 0 Å². The standard InChI is InChI=1S/ClH.H4N2.2H2S/c;1-2;;/h1H;1-2H2;2*1H2. The van der Waals surface area contributed by atoms with E-state index in [1.807, 2.05) is 0 Å². The number of nitrogens with two attached hydrogens (primary N) is 2. The second-order valence-electron chi connectivity index (χ2n) is 0. The maximum absolute atomic E-state index is 4.00. The maximum atomic E-state index is 4.00. The molecule has 0 rings (SSSR count). The minimum Gasteiger partial charge on any atom is -0.274 e. The van der Waals surface area contributed by atoms with Crippen LogP contribution >= 0.6 is 39.4 Å². The van der Waals surface area contributed by atoms with Gasteiger partial charge in [-0.15, -0.1) is 12.4 Å².